The number of hydrogen-bond donors (Lipinski definition) is 1. The van der Waals surface area contributed by atoms with E-state index in [0.29, 0.717) is 12.1 Å². The molecular weight excluding hydrogens is 258 g/mol. The SMILES string of the molecule is CCCNC(CCC)C(CC)N(CCN(C)C)CC(C)C. The Morgan fingerprint density at radius 1 is 0.952 bits per heavy atom. The molecule has 21 heavy (non-hydrogen) atoms. The Morgan fingerprint density at radius 2 is 1.62 bits per heavy atom. The Morgan fingerprint density at radius 3 is 2.05 bits per heavy atom. The second-order valence-corrected chi connectivity index (χ2v) is 7.02. The van der Waals surface area contributed by atoms with Crippen molar-refractivity contribution in [3.63, 3.8) is 0 Å². The summed E-state index contributed by atoms with van der Waals surface area (Å²) in [5, 5.41) is 3.81. The summed E-state index contributed by atoms with van der Waals surface area (Å²) in [6, 6.07) is 1.31. The van der Waals surface area contributed by atoms with Crippen molar-refractivity contribution in [3.8, 4) is 0 Å². The summed E-state index contributed by atoms with van der Waals surface area (Å²) in [5.41, 5.74) is 0. The molecule has 0 aliphatic carbocycles. The molecule has 0 saturated heterocycles. The zero-order valence-corrected chi connectivity index (χ0v) is 15.8. The molecular formula is C18H41N3. The maximum Gasteiger partial charge on any atom is 0.0247 e. The molecule has 0 spiro atoms. The number of rotatable bonds is 13. The highest BCUT2D eigenvalue weighted by Gasteiger charge is 2.25. The van der Waals surface area contributed by atoms with Crippen molar-refractivity contribution in [3.05, 3.63) is 0 Å². The number of nitrogens with one attached hydrogen (secondary N) is 1. The van der Waals surface area contributed by atoms with Crippen LogP contribution >= 0.6 is 0 Å². The lowest BCUT2D eigenvalue weighted by Gasteiger charge is -2.39. The highest BCUT2D eigenvalue weighted by atomic mass is 15.2. The van der Waals surface area contributed by atoms with Crippen molar-refractivity contribution in [2.75, 3.05) is 40.3 Å². The van der Waals surface area contributed by atoms with Gasteiger partial charge in [-0.2, -0.15) is 0 Å². The first-order valence-corrected chi connectivity index (χ1v) is 9.08. The lowest BCUT2D eigenvalue weighted by atomic mass is 9.97. The van der Waals surface area contributed by atoms with Gasteiger partial charge < -0.3 is 10.2 Å². The van der Waals surface area contributed by atoms with E-state index in [2.05, 4.69) is 63.8 Å². The summed E-state index contributed by atoms with van der Waals surface area (Å²) < 4.78 is 0. The molecule has 0 amide bonds. The van der Waals surface area contributed by atoms with Crippen LogP contribution in [0.3, 0.4) is 0 Å². The van der Waals surface area contributed by atoms with E-state index in [-0.39, 0.29) is 0 Å². The highest BCUT2D eigenvalue weighted by molar-refractivity contribution is 4.84. The third kappa shape index (κ3) is 9.49. The average Bonchev–Trinajstić information content (AvgIpc) is 2.41. The smallest absolute Gasteiger partial charge is 0.0247 e. The lowest BCUT2D eigenvalue weighted by Crippen LogP contribution is -2.52. The molecule has 0 saturated carbocycles. The van der Waals surface area contributed by atoms with Gasteiger partial charge in [0.05, 0.1) is 0 Å². The molecule has 3 heteroatoms. The Labute approximate surface area is 134 Å². The number of nitrogens with zero attached hydrogens (tertiary/aromatic N) is 2. The van der Waals surface area contributed by atoms with Crippen molar-refractivity contribution >= 4 is 0 Å². The summed E-state index contributed by atoms with van der Waals surface area (Å²) in [5.74, 6) is 0.731. The molecule has 0 rings (SSSR count). The van der Waals surface area contributed by atoms with Gasteiger partial charge in [-0.1, -0.05) is 41.0 Å². The normalized spacial score (nSPS) is 15.1. The van der Waals surface area contributed by atoms with Crippen molar-refractivity contribution in [2.24, 2.45) is 5.92 Å². The zero-order valence-electron chi connectivity index (χ0n) is 15.8. The third-order valence-electron chi connectivity index (χ3n) is 4.04. The van der Waals surface area contributed by atoms with Crippen LogP contribution in [0.25, 0.3) is 0 Å². The van der Waals surface area contributed by atoms with Gasteiger partial charge in [0, 0.05) is 31.7 Å². The summed E-state index contributed by atoms with van der Waals surface area (Å²) >= 11 is 0. The van der Waals surface area contributed by atoms with Crippen LogP contribution in [0.4, 0.5) is 0 Å². The van der Waals surface area contributed by atoms with E-state index in [1.54, 1.807) is 0 Å². The molecule has 0 aromatic heterocycles. The van der Waals surface area contributed by atoms with Gasteiger partial charge in [0.25, 0.3) is 0 Å². The second kappa shape index (κ2) is 12.4. The van der Waals surface area contributed by atoms with Crippen LogP contribution in [-0.4, -0.2) is 62.2 Å². The highest BCUT2D eigenvalue weighted by Crippen LogP contribution is 2.16. The summed E-state index contributed by atoms with van der Waals surface area (Å²) in [4.78, 5) is 5.03. The minimum absolute atomic E-state index is 0.640. The summed E-state index contributed by atoms with van der Waals surface area (Å²) in [6.45, 7) is 16.3. The fourth-order valence-corrected chi connectivity index (χ4v) is 3.06. The van der Waals surface area contributed by atoms with E-state index in [9.17, 15) is 0 Å². The first-order valence-electron chi connectivity index (χ1n) is 9.08. The monoisotopic (exact) mass is 299 g/mol. The van der Waals surface area contributed by atoms with Crippen molar-refractivity contribution in [1.29, 1.82) is 0 Å². The first kappa shape index (κ1) is 20.9. The maximum atomic E-state index is 3.81. The van der Waals surface area contributed by atoms with Crippen molar-refractivity contribution in [1.82, 2.24) is 15.1 Å². The molecule has 2 atom stereocenters. The van der Waals surface area contributed by atoms with Crippen LogP contribution in [0.5, 0.6) is 0 Å². The Balaban J connectivity index is 4.85. The van der Waals surface area contributed by atoms with E-state index in [1.165, 1.54) is 38.8 Å². The van der Waals surface area contributed by atoms with E-state index in [0.717, 1.165) is 19.0 Å². The second-order valence-electron chi connectivity index (χ2n) is 7.02. The average molecular weight is 300 g/mol. The molecule has 0 aliphatic rings. The van der Waals surface area contributed by atoms with Gasteiger partial charge in [-0.05, 0) is 45.8 Å². The van der Waals surface area contributed by atoms with E-state index in [4.69, 9.17) is 0 Å². The van der Waals surface area contributed by atoms with Gasteiger partial charge in [0.1, 0.15) is 0 Å². The lowest BCUT2D eigenvalue weighted by molar-refractivity contribution is 0.121. The van der Waals surface area contributed by atoms with Crippen molar-refractivity contribution < 1.29 is 0 Å². The molecule has 0 fully saturated rings. The van der Waals surface area contributed by atoms with Gasteiger partial charge in [-0.15, -0.1) is 0 Å². The first-order chi connectivity index (χ1) is 9.96. The van der Waals surface area contributed by atoms with Crippen LogP contribution in [0, 0.1) is 5.92 Å². The molecule has 128 valence electrons. The maximum absolute atomic E-state index is 3.81. The van der Waals surface area contributed by atoms with Gasteiger partial charge in [0.2, 0.25) is 0 Å². The molecule has 3 nitrogen and oxygen atoms in total. The molecule has 1 N–H and O–H groups in total. The summed E-state index contributed by atoms with van der Waals surface area (Å²) in [6.07, 6.45) is 5.01. The third-order valence-corrected chi connectivity index (χ3v) is 4.04. The Kier molecular flexibility index (Phi) is 12.4. The number of hydrogen-bond acceptors (Lipinski definition) is 3. The van der Waals surface area contributed by atoms with Crippen LogP contribution < -0.4 is 5.32 Å². The van der Waals surface area contributed by atoms with Crippen LogP contribution in [0.1, 0.15) is 60.3 Å². The predicted octanol–water partition coefficient (Wildman–Crippen LogP) is 3.45. The molecule has 0 radical (unpaired) electrons. The van der Waals surface area contributed by atoms with Gasteiger partial charge >= 0.3 is 0 Å². The molecule has 0 heterocycles. The standard InChI is InChI=1S/C18H41N3/c1-8-11-17(19-12-9-2)18(10-3)21(15-16(4)5)14-13-20(6)7/h16-19H,8-15H2,1-7H3. The van der Waals surface area contributed by atoms with Gasteiger partial charge in [0.15, 0.2) is 0 Å². The molecule has 0 aliphatic heterocycles. The van der Waals surface area contributed by atoms with E-state index in [1.807, 2.05) is 0 Å². The minimum atomic E-state index is 0.640. The largest absolute Gasteiger partial charge is 0.312 e. The van der Waals surface area contributed by atoms with E-state index >= 15 is 0 Å². The topological polar surface area (TPSA) is 18.5 Å². The minimum Gasteiger partial charge on any atom is -0.312 e. The zero-order chi connectivity index (χ0) is 16.3. The molecule has 0 aromatic rings. The molecule has 0 bridgehead atoms. The molecule has 0 aromatic carbocycles. The quantitative estimate of drug-likeness (QED) is 0.562. The Bertz CT molecular complexity index is 229. The van der Waals surface area contributed by atoms with Crippen molar-refractivity contribution in [2.45, 2.75) is 72.4 Å². The Hall–Kier alpha value is -0.120. The van der Waals surface area contributed by atoms with Gasteiger partial charge in [-0.3, -0.25) is 4.90 Å². The van der Waals surface area contributed by atoms with Crippen LogP contribution in [-0.2, 0) is 0 Å². The number of likely N-dealkylation sites (N-methyl/N-ethyl adjacent to an activating group) is 1. The summed E-state index contributed by atoms with van der Waals surface area (Å²) in [7, 11) is 4.35. The fourth-order valence-electron chi connectivity index (χ4n) is 3.06. The van der Waals surface area contributed by atoms with Gasteiger partial charge in [-0.25, -0.2) is 0 Å². The van der Waals surface area contributed by atoms with Crippen LogP contribution in [0.15, 0.2) is 0 Å². The van der Waals surface area contributed by atoms with E-state index < -0.39 is 0 Å². The van der Waals surface area contributed by atoms with Crippen LogP contribution in [0.2, 0.25) is 0 Å². The molecule has 2 unspecified atom stereocenters. The fraction of sp³-hybridized carbons (Fsp3) is 1.00. The predicted molar refractivity (Wildman–Crippen MR) is 96.0 cm³/mol.